The van der Waals surface area contributed by atoms with Gasteiger partial charge in [-0.1, -0.05) is 0 Å². The van der Waals surface area contributed by atoms with Crippen LogP contribution in [0.4, 0.5) is 0 Å². The molecule has 0 saturated carbocycles. The molecule has 3 aromatic rings. The maximum absolute atomic E-state index is 5.25. The number of nitrogens with zero attached hydrogens (tertiary/aromatic N) is 3. The smallest absolute Gasteiger partial charge is 0.119 e. The predicted molar refractivity (Wildman–Crippen MR) is 75.4 cm³/mol. The van der Waals surface area contributed by atoms with Gasteiger partial charge in [0.1, 0.15) is 5.75 Å². The standard InChI is InChI=1S/C15H17N3O/c1-17-13(5-8-16-17)7-10-18-9-6-12-11-14(19-2)3-4-15(12)18/h3-6,8-9,11H,7,10H2,1-2H3. The fourth-order valence-corrected chi connectivity index (χ4v) is 2.38. The molecule has 0 unspecified atom stereocenters. The van der Waals surface area contributed by atoms with Gasteiger partial charge in [-0.2, -0.15) is 5.10 Å². The van der Waals surface area contributed by atoms with Gasteiger partial charge in [0.25, 0.3) is 0 Å². The van der Waals surface area contributed by atoms with Crippen LogP contribution in [0.5, 0.6) is 5.75 Å². The second kappa shape index (κ2) is 4.80. The van der Waals surface area contributed by atoms with Crippen molar-refractivity contribution in [1.29, 1.82) is 0 Å². The van der Waals surface area contributed by atoms with Crippen LogP contribution in [0, 0.1) is 0 Å². The maximum Gasteiger partial charge on any atom is 0.119 e. The van der Waals surface area contributed by atoms with E-state index >= 15 is 0 Å². The summed E-state index contributed by atoms with van der Waals surface area (Å²) in [5, 5.41) is 5.40. The molecule has 4 nitrogen and oxygen atoms in total. The number of ether oxygens (including phenoxy) is 1. The molecule has 0 amide bonds. The quantitative estimate of drug-likeness (QED) is 0.717. The van der Waals surface area contributed by atoms with Crippen LogP contribution in [0.1, 0.15) is 5.69 Å². The van der Waals surface area contributed by atoms with Crippen LogP contribution >= 0.6 is 0 Å². The van der Waals surface area contributed by atoms with Crippen LogP contribution in [-0.4, -0.2) is 21.5 Å². The molecule has 1 aromatic carbocycles. The fraction of sp³-hybridized carbons (Fsp3) is 0.267. The van der Waals surface area contributed by atoms with E-state index in [9.17, 15) is 0 Å². The minimum atomic E-state index is 0.900. The third-order valence-corrected chi connectivity index (χ3v) is 3.51. The molecule has 2 heterocycles. The zero-order chi connectivity index (χ0) is 13.2. The molecule has 0 fully saturated rings. The lowest BCUT2D eigenvalue weighted by Gasteiger charge is -2.06. The Labute approximate surface area is 112 Å². The van der Waals surface area contributed by atoms with E-state index in [0.29, 0.717) is 0 Å². The molecule has 0 N–H and O–H groups in total. The Morgan fingerprint density at radius 1 is 1.21 bits per heavy atom. The van der Waals surface area contributed by atoms with Gasteiger partial charge in [-0.3, -0.25) is 4.68 Å². The third kappa shape index (κ3) is 2.21. The largest absolute Gasteiger partial charge is 0.497 e. The maximum atomic E-state index is 5.25. The van der Waals surface area contributed by atoms with Crippen molar-refractivity contribution in [2.24, 2.45) is 7.05 Å². The molecule has 0 aliphatic rings. The first kappa shape index (κ1) is 11.8. The van der Waals surface area contributed by atoms with Crippen molar-refractivity contribution < 1.29 is 4.74 Å². The minimum Gasteiger partial charge on any atom is -0.497 e. The summed E-state index contributed by atoms with van der Waals surface area (Å²) in [6.07, 6.45) is 4.95. The topological polar surface area (TPSA) is 32.0 Å². The second-order valence-corrected chi connectivity index (χ2v) is 4.63. The van der Waals surface area contributed by atoms with Crippen molar-refractivity contribution >= 4 is 10.9 Å². The summed E-state index contributed by atoms with van der Waals surface area (Å²) in [4.78, 5) is 0. The number of fused-ring (bicyclic) bond motifs is 1. The van der Waals surface area contributed by atoms with Crippen LogP contribution in [0.15, 0.2) is 42.7 Å². The van der Waals surface area contributed by atoms with E-state index in [2.05, 4.69) is 40.1 Å². The van der Waals surface area contributed by atoms with E-state index in [-0.39, 0.29) is 0 Å². The van der Waals surface area contributed by atoms with E-state index in [1.807, 2.05) is 24.0 Å². The lowest BCUT2D eigenvalue weighted by Crippen LogP contribution is -2.04. The average Bonchev–Trinajstić information content (AvgIpc) is 3.02. The third-order valence-electron chi connectivity index (χ3n) is 3.51. The number of hydrogen-bond acceptors (Lipinski definition) is 2. The number of aromatic nitrogens is 3. The Kier molecular flexibility index (Phi) is 2.99. The van der Waals surface area contributed by atoms with Crippen molar-refractivity contribution in [2.45, 2.75) is 13.0 Å². The molecule has 0 bridgehead atoms. The SMILES string of the molecule is COc1ccc2c(ccn2CCc2ccnn2C)c1. The van der Waals surface area contributed by atoms with Crippen molar-refractivity contribution in [3.63, 3.8) is 0 Å². The summed E-state index contributed by atoms with van der Waals surface area (Å²) in [6, 6.07) is 10.4. The molecular formula is C15H17N3O. The first-order chi connectivity index (χ1) is 9.28. The summed E-state index contributed by atoms with van der Waals surface area (Å²) in [5.41, 5.74) is 2.48. The highest BCUT2D eigenvalue weighted by Crippen LogP contribution is 2.22. The van der Waals surface area contributed by atoms with Gasteiger partial charge in [-0.25, -0.2) is 0 Å². The summed E-state index contributed by atoms with van der Waals surface area (Å²) < 4.78 is 9.44. The summed E-state index contributed by atoms with van der Waals surface area (Å²) in [6.45, 7) is 0.954. The molecule has 3 rings (SSSR count). The lowest BCUT2D eigenvalue weighted by molar-refractivity contribution is 0.415. The fourth-order valence-electron chi connectivity index (χ4n) is 2.38. The Bertz CT molecular complexity index is 696. The minimum absolute atomic E-state index is 0.900. The average molecular weight is 255 g/mol. The number of methoxy groups -OCH3 is 1. The van der Waals surface area contributed by atoms with Gasteiger partial charge in [0.15, 0.2) is 0 Å². The Balaban J connectivity index is 1.83. The Morgan fingerprint density at radius 2 is 2.11 bits per heavy atom. The van der Waals surface area contributed by atoms with Crippen molar-refractivity contribution in [3.05, 3.63) is 48.4 Å². The molecule has 98 valence electrons. The van der Waals surface area contributed by atoms with E-state index in [1.54, 1.807) is 7.11 Å². The Morgan fingerprint density at radius 3 is 2.84 bits per heavy atom. The highest BCUT2D eigenvalue weighted by Gasteiger charge is 2.04. The van der Waals surface area contributed by atoms with Crippen LogP contribution in [-0.2, 0) is 20.0 Å². The molecule has 0 saturated heterocycles. The number of hydrogen-bond donors (Lipinski definition) is 0. The monoisotopic (exact) mass is 255 g/mol. The van der Waals surface area contributed by atoms with Crippen molar-refractivity contribution in [3.8, 4) is 5.75 Å². The van der Waals surface area contributed by atoms with E-state index in [4.69, 9.17) is 4.74 Å². The first-order valence-electron chi connectivity index (χ1n) is 6.38. The van der Waals surface area contributed by atoms with E-state index < -0.39 is 0 Å². The summed E-state index contributed by atoms with van der Waals surface area (Å²) >= 11 is 0. The molecule has 0 atom stereocenters. The molecule has 19 heavy (non-hydrogen) atoms. The van der Waals surface area contributed by atoms with E-state index in [0.717, 1.165) is 18.7 Å². The lowest BCUT2D eigenvalue weighted by atomic mass is 10.2. The van der Waals surface area contributed by atoms with Crippen LogP contribution < -0.4 is 4.74 Å². The number of rotatable bonds is 4. The van der Waals surface area contributed by atoms with Crippen LogP contribution in [0.2, 0.25) is 0 Å². The Hall–Kier alpha value is -2.23. The van der Waals surface area contributed by atoms with Crippen molar-refractivity contribution in [2.75, 3.05) is 7.11 Å². The highest BCUT2D eigenvalue weighted by atomic mass is 16.5. The highest BCUT2D eigenvalue weighted by molar-refractivity contribution is 5.81. The summed E-state index contributed by atoms with van der Waals surface area (Å²) in [7, 11) is 3.68. The molecular weight excluding hydrogens is 238 g/mol. The normalized spacial score (nSPS) is 11.1. The first-order valence-corrected chi connectivity index (χ1v) is 6.38. The molecule has 2 aromatic heterocycles. The van der Waals surface area contributed by atoms with Crippen LogP contribution in [0.25, 0.3) is 10.9 Å². The van der Waals surface area contributed by atoms with Gasteiger partial charge in [0.2, 0.25) is 0 Å². The van der Waals surface area contributed by atoms with Gasteiger partial charge in [-0.05, 0) is 30.3 Å². The zero-order valence-corrected chi connectivity index (χ0v) is 11.2. The number of benzene rings is 1. The molecule has 0 aliphatic heterocycles. The predicted octanol–water partition coefficient (Wildman–Crippen LogP) is 2.63. The van der Waals surface area contributed by atoms with Gasteiger partial charge < -0.3 is 9.30 Å². The van der Waals surface area contributed by atoms with Gasteiger partial charge in [0, 0.05) is 49.0 Å². The second-order valence-electron chi connectivity index (χ2n) is 4.63. The van der Waals surface area contributed by atoms with Crippen molar-refractivity contribution in [1.82, 2.24) is 14.3 Å². The number of aryl methyl sites for hydroxylation is 3. The van der Waals surface area contributed by atoms with Gasteiger partial charge in [-0.15, -0.1) is 0 Å². The van der Waals surface area contributed by atoms with Crippen LogP contribution in [0.3, 0.4) is 0 Å². The van der Waals surface area contributed by atoms with E-state index in [1.165, 1.54) is 16.6 Å². The zero-order valence-electron chi connectivity index (χ0n) is 11.2. The summed E-state index contributed by atoms with van der Waals surface area (Å²) in [5.74, 6) is 0.900. The van der Waals surface area contributed by atoms with Gasteiger partial charge in [0.05, 0.1) is 7.11 Å². The molecule has 0 aliphatic carbocycles. The molecule has 0 radical (unpaired) electrons. The molecule has 4 heteroatoms. The molecule has 0 spiro atoms. The van der Waals surface area contributed by atoms with Gasteiger partial charge >= 0.3 is 0 Å².